The second-order valence-electron chi connectivity index (χ2n) is 3.61. The second-order valence-corrected chi connectivity index (χ2v) is 4.80. The van der Waals surface area contributed by atoms with Gasteiger partial charge >= 0.3 is 0 Å². The maximum Gasteiger partial charge on any atom is 0.185 e. The zero-order chi connectivity index (χ0) is 11.4. The Kier molecular flexibility index (Phi) is 3.51. The van der Waals surface area contributed by atoms with Gasteiger partial charge in [0.15, 0.2) is 5.12 Å². The van der Waals surface area contributed by atoms with Crippen LogP contribution in [-0.2, 0) is 4.79 Å². The summed E-state index contributed by atoms with van der Waals surface area (Å²) in [6.45, 7) is 1.60. The lowest BCUT2D eigenvalue weighted by atomic mass is 10.0. The van der Waals surface area contributed by atoms with Crippen LogP contribution < -0.4 is 0 Å². The van der Waals surface area contributed by atoms with E-state index < -0.39 is 0 Å². The van der Waals surface area contributed by atoms with Gasteiger partial charge in [0.1, 0.15) is 0 Å². The molecule has 0 aliphatic heterocycles. The SMILES string of the molecule is CC(=O)SCC(c1ccc[nH]1)c1ccc[nH]1. The topological polar surface area (TPSA) is 48.6 Å². The van der Waals surface area contributed by atoms with Crippen LogP contribution in [-0.4, -0.2) is 20.8 Å². The predicted molar refractivity (Wildman–Crippen MR) is 66.6 cm³/mol. The molecule has 2 heterocycles. The standard InChI is InChI=1S/C12H14N2OS/c1-9(15)16-8-10(11-4-2-6-13-11)12-5-3-7-14-12/h2-7,10,13-14H,8H2,1H3. The van der Waals surface area contributed by atoms with Gasteiger partial charge in [0.25, 0.3) is 0 Å². The fourth-order valence-electron chi connectivity index (χ4n) is 1.67. The van der Waals surface area contributed by atoms with Crippen molar-refractivity contribution in [2.24, 2.45) is 0 Å². The summed E-state index contributed by atoms with van der Waals surface area (Å²) in [4.78, 5) is 17.4. The summed E-state index contributed by atoms with van der Waals surface area (Å²) in [5.74, 6) is 0.981. The first kappa shape index (κ1) is 11.1. The molecule has 3 nitrogen and oxygen atoms in total. The van der Waals surface area contributed by atoms with Crippen LogP contribution in [0.1, 0.15) is 24.2 Å². The van der Waals surface area contributed by atoms with Crippen LogP contribution in [0.25, 0.3) is 0 Å². The van der Waals surface area contributed by atoms with Gasteiger partial charge in [-0.25, -0.2) is 0 Å². The van der Waals surface area contributed by atoms with E-state index in [1.807, 2.05) is 36.7 Å². The molecule has 0 aliphatic rings. The third kappa shape index (κ3) is 2.58. The van der Waals surface area contributed by atoms with E-state index in [0.717, 1.165) is 17.1 Å². The summed E-state index contributed by atoms with van der Waals surface area (Å²) in [5.41, 5.74) is 2.27. The maximum absolute atomic E-state index is 11.0. The molecule has 0 fully saturated rings. The molecule has 0 amide bonds. The third-order valence-electron chi connectivity index (χ3n) is 2.45. The zero-order valence-electron chi connectivity index (χ0n) is 9.07. The largest absolute Gasteiger partial charge is 0.364 e. The van der Waals surface area contributed by atoms with Crippen molar-refractivity contribution in [3.05, 3.63) is 48.0 Å². The Labute approximate surface area is 98.7 Å². The van der Waals surface area contributed by atoms with Crippen molar-refractivity contribution in [3.8, 4) is 0 Å². The number of rotatable bonds is 4. The Balaban J connectivity index is 2.17. The minimum absolute atomic E-state index is 0.156. The van der Waals surface area contributed by atoms with Crippen LogP contribution in [0.2, 0.25) is 0 Å². The molecule has 0 aliphatic carbocycles. The lowest BCUT2D eigenvalue weighted by molar-refractivity contribution is -0.109. The quantitative estimate of drug-likeness (QED) is 0.854. The molecule has 2 aromatic rings. The Hall–Kier alpha value is -1.42. The van der Waals surface area contributed by atoms with Crippen LogP contribution in [0, 0.1) is 0 Å². The Morgan fingerprint density at radius 1 is 1.25 bits per heavy atom. The molecule has 0 atom stereocenters. The van der Waals surface area contributed by atoms with Gasteiger partial charge in [-0.1, -0.05) is 11.8 Å². The van der Waals surface area contributed by atoms with Crippen LogP contribution in [0.5, 0.6) is 0 Å². The number of hydrogen-bond donors (Lipinski definition) is 2. The van der Waals surface area contributed by atoms with E-state index in [1.165, 1.54) is 11.8 Å². The minimum Gasteiger partial charge on any atom is -0.364 e. The van der Waals surface area contributed by atoms with Crippen molar-refractivity contribution in [2.75, 3.05) is 5.75 Å². The molecule has 2 rings (SSSR count). The smallest absolute Gasteiger partial charge is 0.185 e. The summed E-state index contributed by atoms with van der Waals surface area (Å²) in [6.07, 6.45) is 3.81. The van der Waals surface area contributed by atoms with Crippen molar-refractivity contribution >= 4 is 16.9 Å². The van der Waals surface area contributed by atoms with E-state index in [-0.39, 0.29) is 11.0 Å². The van der Waals surface area contributed by atoms with E-state index >= 15 is 0 Å². The van der Waals surface area contributed by atoms with Gasteiger partial charge in [0.05, 0.1) is 0 Å². The van der Waals surface area contributed by atoms with Gasteiger partial charge in [0.2, 0.25) is 0 Å². The number of carbonyl (C=O) groups is 1. The van der Waals surface area contributed by atoms with Gasteiger partial charge < -0.3 is 9.97 Å². The molecule has 4 heteroatoms. The average molecular weight is 234 g/mol. The molecule has 16 heavy (non-hydrogen) atoms. The van der Waals surface area contributed by atoms with E-state index in [9.17, 15) is 4.79 Å². The second kappa shape index (κ2) is 5.07. The van der Waals surface area contributed by atoms with Gasteiger partial charge in [-0.3, -0.25) is 4.79 Å². The van der Waals surface area contributed by atoms with Crippen LogP contribution >= 0.6 is 11.8 Å². The Morgan fingerprint density at radius 2 is 1.81 bits per heavy atom. The first-order valence-electron chi connectivity index (χ1n) is 5.17. The summed E-state index contributed by atoms with van der Waals surface area (Å²) >= 11 is 1.36. The molecule has 0 saturated carbocycles. The minimum atomic E-state index is 0.156. The molecule has 0 saturated heterocycles. The van der Waals surface area contributed by atoms with Gasteiger partial charge in [-0.05, 0) is 24.3 Å². The number of aromatic nitrogens is 2. The molecule has 0 radical (unpaired) electrons. The van der Waals surface area contributed by atoms with Gasteiger partial charge in [-0.2, -0.15) is 0 Å². The molecule has 0 aromatic carbocycles. The van der Waals surface area contributed by atoms with E-state index in [0.29, 0.717) is 0 Å². The highest BCUT2D eigenvalue weighted by Gasteiger charge is 2.16. The van der Waals surface area contributed by atoms with E-state index in [4.69, 9.17) is 0 Å². The van der Waals surface area contributed by atoms with Crippen molar-refractivity contribution in [1.29, 1.82) is 0 Å². The normalized spacial score (nSPS) is 10.9. The first-order chi connectivity index (χ1) is 7.77. The fraction of sp³-hybridized carbons (Fsp3) is 0.250. The van der Waals surface area contributed by atoms with Crippen LogP contribution in [0.15, 0.2) is 36.7 Å². The van der Waals surface area contributed by atoms with E-state index in [2.05, 4.69) is 9.97 Å². The molecule has 84 valence electrons. The van der Waals surface area contributed by atoms with Gasteiger partial charge in [-0.15, -0.1) is 0 Å². The van der Waals surface area contributed by atoms with Gasteiger partial charge in [0, 0.05) is 42.4 Å². The summed E-state index contributed by atoms with van der Waals surface area (Å²) in [5, 5.41) is 0.156. The number of hydrogen-bond acceptors (Lipinski definition) is 2. The summed E-state index contributed by atoms with van der Waals surface area (Å²) < 4.78 is 0. The number of thioether (sulfide) groups is 1. The van der Waals surface area contributed by atoms with Crippen LogP contribution in [0.3, 0.4) is 0 Å². The molecule has 2 N–H and O–H groups in total. The number of carbonyl (C=O) groups excluding carboxylic acids is 1. The molecular weight excluding hydrogens is 220 g/mol. The lowest BCUT2D eigenvalue weighted by Crippen LogP contribution is -2.06. The molecule has 0 spiro atoms. The molecular formula is C12H14N2OS. The first-order valence-corrected chi connectivity index (χ1v) is 6.16. The van der Waals surface area contributed by atoms with Crippen LogP contribution in [0.4, 0.5) is 0 Å². The van der Waals surface area contributed by atoms with Crippen molar-refractivity contribution in [2.45, 2.75) is 12.8 Å². The highest BCUT2D eigenvalue weighted by Crippen LogP contribution is 2.26. The fourth-order valence-corrected chi connectivity index (χ4v) is 2.43. The maximum atomic E-state index is 11.0. The highest BCUT2D eigenvalue weighted by atomic mass is 32.2. The number of H-pyrrole nitrogens is 2. The average Bonchev–Trinajstić information content (AvgIpc) is 2.88. The third-order valence-corrected chi connectivity index (χ3v) is 3.35. The Morgan fingerprint density at radius 3 is 2.19 bits per heavy atom. The summed E-state index contributed by atoms with van der Waals surface area (Å²) in [7, 11) is 0. The van der Waals surface area contributed by atoms with Crippen molar-refractivity contribution < 1.29 is 4.79 Å². The number of nitrogens with one attached hydrogen (secondary N) is 2. The molecule has 0 unspecified atom stereocenters. The van der Waals surface area contributed by atoms with Crippen molar-refractivity contribution in [1.82, 2.24) is 9.97 Å². The van der Waals surface area contributed by atoms with E-state index in [1.54, 1.807) is 6.92 Å². The zero-order valence-corrected chi connectivity index (χ0v) is 9.88. The number of aromatic amines is 2. The monoisotopic (exact) mass is 234 g/mol. The predicted octanol–water partition coefficient (Wildman–Crippen LogP) is 2.75. The summed E-state index contributed by atoms with van der Waals surface area (Å²) in [6, 6.07) is 8.05. The lowest BCUT2D eigenvalue weighted by Gasteiger charge is -2.13. The van der Waals surface area contributed by atoms with Crippen molar-refractivity contribution in [3.63, 3.8) is 0 Å². The molecule has 2 aromatic heterocycles. The Bertz CT molecular complexity index is 399. The highest BCUT2D eigenvalue weighted by molar-refractivity contribution is 8.13. The molecule has 0 bridgehead atoms.